The highest BCUT2D eigenvalue weighted by Gasteiger charge is 2.36. The van der Waals surface area contributed by atoms with Gasteiger partial charge in [0.25, 0.3) is 0 Å². The number of benzene rings is 1. The second kappa shape index (κ2) is 7.84. The van der Waals surface area contributed by atoms with Gasteiger partial charge < -0.3 is 9.88 Å². The number of aromatic nitrogens is 3. The number of ketones is 1. The van der Waals surface area contributed by atoms with Crippen LogP contribution in [0.15, 0.2) is 29.4 Å². The molecule has 0 saturated heterocycles. The number of hydrogen-bond acceptors (Lipinski definition) is 5. The van der Waals surface area contributed by atoms with E-state index in [4.69, 9.17) is 0 Å². The highest BCUT2D eigenvalue weighted by molar-refractivity contribution is 7.99. The van der Waals surface area contributed by atoms with Crippen LogP contribution in [0.3, 0.4) is 0 Å². The minimum atomic E-state index is -0.0633. The summed E-state index contributed by atoms with van der Waals surface area (Å²) in [5.41, 5.74) is 1.13. The van der Waals surface area contributed by atoms with Gasteiger partial charge in [0.15, 0.2) is 10.9 Å². The zero-order valence-corrected chi connectivity index (χ0v) is 16.3. The molecule has 2 aliphatic rings. The van der Waals surface area contributed by atoms with Crippen molar-refractivity contribution in [1.82, 2.24) is 14.8 Å². The molecular weight excluding hydrogens is 360 g/mol. The average Bonchev–Trinajstić information content (AvgIpc) is 3.58. The number of amides is 1. The standard InChI is InChI=1S/C20H24N4O2S/c1-13(25)16-5-2-3-6-17(16)21-18(26)7-4-12-27-20-23-22-19(14-8-9-14)24(20)15-10-11-15/h2-3,5-6,14-15H,4,7-12H2,1H3,(H,21,26). The van der Waals surface area contributed by atoms with Crippen molar-refractivity contribution in [1.29, 1.82) is 0 Å². The van der Waals surface area contributed by atoms with Crippen LogP contribution in [0.4, 0.5) is 5.69 Å². The summed E-state index contributed by atoms with van der Waals surface area (Å²) in [5, 5.41) is 12.7. The molecule has 7 heteroatoms. The maximum absolute atomic E-state index is 12.2. The van der Waals surface area contributed by atoms with Crippen LogP contribution in [0.5, 0.6) is 0 Å². The maximum atomic E-state index is 12.2. The molecule has 1 aromatic carbocycles. The molecule has 0 unspecified atom stereocenters. The topological polar surface area (TPSA) is 76.9 Å². The monoisotopic (exact) mass is 384 g/mol. The Kier molecular flexibility index (Phi) is 5.29. The molecule has 2 aromatic rings. The quantitative estimate of drug-likeness (QED) is 0.398. The highest BCUT2D eigenvalue weighted by atomic mass is 32.2. The number of para-hydroxylation sites is 1. The zero-order chi connectivity index (χ0) is 18.8. The summed E-state index contributed by atoms with van der Waals surface area (Å²) in [7, 11) is 0. The molecule has 1 heterocycles. The number of nitrogens with zero attached hydrogens (tertiary/aromatic N) is 3. The fraction of sp³-hybridized carbons (Fsp3) is 0.500. The number of nitrogens with one attached hydrogen (secondary N) is 1. The van der Waals surface area contributed by atoms with Crippen molar-refractivity contribution < 1.29 is 9.59 Å². The summed E-state index contributed by atoms with van der Waals surface area (Å²) in [5.74, 6) is 2.49. The molecule has 142 valence electrons. The summed E-state index contributed by atoms with van der Waals surface area (Å²) in [6.45, 7) is 1.51. The largest absolute Gasteiger partial charge is 0.325 e. The van der Waals surface area contributed by atoms with Crippen molar-refractivity contribution in [2.45, 2.75) is 62.6 Å². The molecule has 2 fully saturated rings. The first-order chi connectivity index (χ1) is 13.1. The molecule has 2 aliphatic carbocycles. The third-order valence-corrected chi connectivity index (χ3v) is 5.93. The third kappa shape index (κ3) is 4.40. The van der Waals surface area contributed by atoms with Gasteiger partial charge in [-0.3, -0.25) is 9.59 Å². The minimum Gasteiger partial charge on any atom is -0.325 e. The molecule has 1 N–H and O–H groups in total. The maximum Gasteiger partial charge on any atom is 0.224 e. The van der Waals surface area contributed by atoms with Gasteiger partial charge in [-0.05, 0) is 51.2 Å². The minimum absolute atomic E-state index is 0.0488. The lowest BCUT2D eigenvalue weighted by molar-refractivity contribution is -0.116. The Morgan fingerprint density at radius 3 is 2.67 bits per heavy atom. The number of Topliss-reactive ketones (excluding diaryl/α,β-unsaturated/α-hetero) is 1. The fourth-order valence-corrected chi connectivity index (χ4v) is 4.14. The van der Waals surface area contributed by atoms with Crippen molar-refractivity contribution in [3.63, 3.8) is 0 Å². The molecule has 1 aromatic heterocycles. The van der Waals surface area contributed by atoms with Gasteiger partial charge in [-0.25, -0.2) is 0 Å². The first kappa shape index (κ1) is 18.2. The molecule has 0 atom stereocenters. The molecular formula is C20H24N4O2S. The summed E-state index contributed by atoms with van der Waals surface area (Å²) in [6.07, 6.45) is 6.10. The van der Waals surface area contributed by atoms with Crippen LogP contribution in [-0.4, -0.2) is 32.2 Å². The number of hydrogen-bond donors (Lipinski definition) is 1. The zero-order valence-electron chi connectivity index (χ0n) is 15.5. The van der Waals surface area contributed by atoms with Gasteiger partial charge in [-0.15, -0.1) is 10.2 Å². The summed E-state index contributed by atoms with van der Waals surface area (Å²) in [4.78, 5) is 23.9. The van der Waals surface area contributed by atoms with E-state index < -0.39 is 0 Å². The Morgan fingerprint density at radius 2 is 1.96 bits per heavy atom. The van der Waals surface area contributed by atoms with Gasteiger partial charge in [0, 0.05) is 29.7 Å². The first-order valence-electron chi connectivity index (χ1n) is 9.61. The number of thioether (sulfide) groups is 1. The Morgan fingerprint density at radius 1 is 1.19 bits per heavy atom. The lowest BCUT2D eigenvalue weighted by Crippen LogP contribution is -2.14. The van der Waals surface area contributed by atoms with Crippen molar-refractivity contribution >= 4 is 29.1 Å². The van der Waals surface area contributed by atoms with Crippen LogP contribution >= 0.6 is 11.8 Å². The number of rotatable bonds is 9. The molecule has 0 aliphatic heterocycles. The smallest absolute Gasteiger partial charge is 0.224 e. The Labute approximate surface area is 163 Å². The van der Waals surface area contributed by atoms with E-state index >= 15 is 0 Å². The number of carbonyl (C=O) groups is 2. The van der Waals surface area contributed by atoms with Crippen molar-refractivity contribution in [3.8, 4) is 0 Å². The summed E-state index contributed by atoms with van der Waals surface area (Å²) in [6, 6.07) is 7.70. The van der Waals surface area contributed by atoms with Crippen molar-refractivity contribution in [2.75, 3.05) is 11.1 Å². The summed E-state index contributed by atoms with van der Waals surface area (Å²) < 4.78 is 2.34. The van der Waals surface area contributed by atoms with Crippen LogP contribution in [0, 0.1) is 0 Å². The fourth-order valence-electron chi connectivity index (χ4n) is 3.19. The van der Waals surface area contributed by atoms with Crippen molar-refractivity contribution in [2.24, 2.45) is 0 Å². The molecule has 0 spiro atoms. The second-order valence-electron chi connectivity index (χ2n) is 7.32. The normalized spacial score (nSPS) is 16.3. The van der Waals surface area contributed by atoms with Crippen LogP contribution in [-0.2, 0) is 4.79 Å². The Hall–Kier alpha value is -2.15. The highest BCUT2D eigenvalue weighted by Crippen LogP contribution is 2.46. The Balaban J connectivity index is 1.27. The van der Waals surface area contributed by atoms with Gasteiger partial charge in [0.05, 0.1) is 5.69 Å². The average molecular weight is 385 g/mol. The molecule has 0 bridgehead atoms. The van der Waals surface area contributed by atoms with E-state index in [1.165, 1.54) is 38.4 Å². The van der Waals surface area contributed by atoms with Crippen LogP contribution in [0.2, 0.25) is 0 Å². The van der Waals surface area contributed by atoms with Gasteiger partial charge in [0.1, 0.15) is 5.82 Å². The van der Waals surface area contributed by atoms with Crippen LogP contribution < -0.4 is 5.32 Å². The predicted molar refractivity (Wildman–Crippen MR) is 105 cm³/mol. The van der Waals surface area contributed by atoms with E-state index in [2.05, 4.69) is 20.1 Å². The molecule has 2 saturated carbocycles. The number of anilines is 1. The SMILES string of the molecule is CC(=O)c1ccccc1NC(=O)CCCSc1nnc(C2CC2)n1C1CC1. The molecule has 0 radical (unpaired) electrons. The van der Waals surface area contributed by atoms with Gasteiger partial charge in [-0.2, -0.15) is 0 Å². The van der Waals surface area contributed by atoms with E-state index in [-0.39, 0.29) is 11.7 Å². The van der Waals surface area contributed by atoms with Crippen LogP contribution in [0.25, 0.3) is 0 Å². The van der Waals surface area contributed by atoms with E-state index in [0.717, 1.165) is 17.3 Å². The number of carbonyl (C=O) groups excluding carboxylic acids is 2. The lowest BCUT2D eigenvalue weighted by atomic mass is 10.1. The predicted octanol–water partition coefficient (Wildman–Crippen LogP) is 4.20. The molecule has 6 nitrogen and oxygen atoms in total. The van der Waals surface area contributed by atoms with Gasteiger partial charge in [-0.1, -0.05) is 23.9 Å². The van der Waals surface area contributed by atoms with E-state index in [1.807, 2.05) is 6.07 Å². The third-order valence-electron chi connectivity index (χ3n) is 4.91. The second-order valence-corrected chi connectivity index (χ2v) is 8.38. The Bertz CT molecular complexity index is 855. The van der Waals surface area contributed by atoms with E-state index in [9.17, 15) is 9.59 Å². The molecule has 1 amide bonds. The van der Waals surface area contributed by atoms with E-state index in [0.29, 0.717) is 29.6 Å². The lowest BCUT2D eigenvalue weighted by Gasteiger charge is -2.09. The van der Waals surface area contributed by atoms with Crippen LogP contribution in [0.1, 0.15) is 73.6 Å². The van der Waals surface area contributed by atoms with Gasteiger partial charge in [0.2, 0.25) is 5.91 Å². The first-order valence-corrected chi connectivity index (χ1v) is 10.6. The molecule has 4 rings (SSSR count). The summed E-state index contributed by atoms with van der Waals surface area (Å²) >= 11 is 1.69. The van der Waals surface area contributed by atoms with Crippen molar-refractivity contribution in [3.05, 3.63) is 35.7 Å². The van der Waals surface area contributed by atoms with Gasteiger partial charge >= 0.3 is 0 Å². The molecule has 27 heavy (non-hydrogen) atoms. The van der Waals surface area contributed by atoms with E-state index in [1.54, 1.807) is 30.0 Å².